The van der Waals surface area contributed by atoms with Crippen LogP contribution >= 0.6 is 0 Å². The molecule has 0 aromatic heterocycles. The SMILES string of the molecule is [CH2]C=C1C=CNC=C1. The smallest absolute Gasteiger partial charge is 0.00103 e. The second-order valence-electron chi connectivity index (χ2n) is 1.54. The Morgan fingerprint density at radius 3 is 2.38 bits per heavy atom. The van der Waals surface area contributed by atoms with Gasteiger partial charge in [-0.05, 0) is 24.6 Å². The zero-order valence-corrected chi connectivity index (χ0v) is 4.59. The lowest BCUT2D eigenvalue weighted by molar-refractivity contribution is 1.17. The Balaban J connectivity index is 2.69. The zero-order valence-electron chi connectivity index (χ0n) is 4.59. The molecule has 0 fully saturated rings. The van der Waals surface area contributed by atoms with Crippen molar-refractivity contribution in [2.75, 3.05) is 0 Å². The van der Waals surface area contributed by atoms with E-state index in [1.54, 1.807) is 0 Å². The fourth-order valence-electron chi connectivity index (χ4n) is 0.536. The van der Waals surface area contributed by atoms with Crippen LogP contribution in [0.2, 0.25) is 0 Å². The van der Waals surface area contributed by atoms with E-state index in [2.05, 4.69) is 12.2 Å². The molecule has 0 spiro atoms. The molecule has 8 heavy (non-hydrogen) atoms. The number of nitrogens with one attached hydrogen (secondary N) is 1. The first-order valence-corrected chi connectivity index (χ1v) is 2.52. The fourth-order valence-corrected chi connectivity index (χ4v) is 0.536. The third kappa shape index (κ3) is 0.997. The first kappa shape index (κ1) is 5.16. The molecule has 0 bridgehead atoms. The van der Waals surface area contributed by atoms with Crippen molar-refractivity contribution in [3.63, 3.8) is 0 Å². The van der Waals surface area contributed by atoms with Gasteiger partial charge in [0, 0.05) is 12.4 Å². The van der Waals surface area contributed by atoms with Gasteiger partial charge < -0.3 is 5.32 Å². The van der Waals surface area contributed by atoms with Crippen LogP contribution in [0.1, 0.15) is 0 Å². The third-order valence-electron chi connectivity index (χ3n) is 0.980. The van der Waals surface area contributed by atoms with Crippen LogP contribution in [-0.4, -0.2) is 0 Å². The lowest BCUT2D eigenvalue weighted by Gasteiger charge is -1.98. The van der Waals surface area contributed by atoms with Crippen LogP contribution in [0.5, 0.6) is 0 Å². The quantitative estimate of drug-likeness (QED) is 0.492. The largest absolute Gasteiger partial charge is 0.368 e. The summed E-state index contributed by atoms with van der Waals surface area (Å²) < 4.78 is 0. The van der Waals surface area contributed by atoms with Crippen LogP contribution in [0.3, 0.4) is 0 Å². The molecule has 1 heteroatoms. The van der Waals surface area contributed by atoms with E-state index in [9.17, 15) is 0 Å². The van der Waals surface area contributed by atoms with E-state index in [0.29, 0.717) is 0 Å². The Hall–Kier alpha value is -0.980. The number of hydrogen-bond acceptors (Lipinski definition) is 1. The van der Waals surface area contributed by atoms with Crippen molar-refractivity contribution >= 4 is 0 Å². The van der Waals surface area contributed by atoms with Crippen molar-refractivity contribution in [2.24, 2.45) is 0 Å². The summed E-state index contributed by atoms with van der Waals surface area (Å²) in [5.41, 5.74) is 1.14. The fraction of sp³-hybridized carbons (Fsp3) is 0. The van der Waals surface area contributed by atoms with Crippen LogP contribution < -0.4 is 5.32 Å². The summed E-state index contributed by atoms with van der Waals surface area (Å²) in [6, 6.07) is 0. The van der Waals surface area contributed by atoms with Crippen LogP contribution in [0.25, 0.3) is 0 Å². The zero-order chi connectivity index (χ0) is 5.82. The molecule has 1 aliphatic heterocycles. The van der Waals surface area contributed by atoms with Gasteiger partial charge in [-0.25, -0.2) is 0 Å². The summed E-state index contributed by atoms with van der Waals surface area (Å²) in [5.74, 6) is 0. The summed E-state index contributed by atoms with van der Waals surface area (Å²) >= 11 is 0. The van der Waals surface area contributed by atoms with Crippen molar-refractivity contribution in [1.82, 2.24) is 5.32 Å². The molecule has 0 unspecified atom stereocenters. The summed E-state index contributed by atoms with van der Waals surface area (Å²) in [6.45, 7) is 3.62. The Morgan fingerprint density at radius 1 is 1.38 bits per heavy atom. The first-order chi connectivity index (χ1) is 3.93. The van der Waals surface area contributed by atoms with Gasteiger partial charge in [0.2, 0.25) is 0 Å². The van der Waals surface area contributed by atoms with Crippen molar-refractivity contribution < 1.29 is 0 Å². The average molecular weight is 106 g/mol. The van der Waals surface area contributed by atoms with Crippen molar-refractivity contribution in [3.05, 3.63) is 43.1 Å². The van der Waals surface area contributed by atoms with Gasteiger partial charge in [0.25, 0.3) is 0 Å². The molecule has 1 heterocycles. The molecule has 1 rings (SSSR count). The maximum atomic E-state index is 3.62. The van der Waals surface area contributed by atoms with Crippen LogP contribution in [0.4, 0.5) is 0 Å². The topological polar surface area (TPSA) is 12.0 Å². The van der Waals surface area contributed by atoms with Gasteiger partial charge >= 0.3 is 0 Å². The first-order valence-electron chi connectivity index (χ1n) is 2.52. The predicted molar refractivity (Wildman–Crippen MR) is 34.9 cm³/mol. The highest BCUT2D eigenvalue weighted by Crippen LogP contribution is 1.99. The minimum Gasteiger partial charge on any atom is -0.368 e. The maximum Gasteiger partial charge on any atom is 0.00103 e. The molecule has 0 amide bonds. The minimum atomic E-state index is 1.14. The van der Waals surface area contributed by atoms with Gasteiger partial charge in [0.15, 0.2) is 0 Å². The Morgan fingerprint density at radius 2 is 2.00 bits per heavy atom. The molecule has 1 nitrogen and oxygen atoms in total. The van der Waals surface area contributed by atoms with E-state index >= 15 is 0 Å². The van der Waals surface area contributed by atoms with Crippen LogP contribution in [0.15, 0.2) is 36.2 Å². The van der Waals surface area contributed by atoms with Gasteiger partial charge in [-0.3, -0.25) is 0 Å². The van der Waals surface area contributed by atoms with Gasteiger partial charge in [0.05, 0.1) is 0 Å². The molecule has 1 aliphatic rings. The van der Waals surface area contributed by atoms with Gasteiger partial charge in [-0.1, -0.05) is 6.08 Å². The lowest BCUT2D eigenvalue weighted by atomic mass is 10.2. The van der Waals surface area contributed by atoms with Crippen molar-refractivity contribution in [2.45, 2.75) is 0 Å². The maximum absolute atomic E-state index is 3.62. The van der Waals surface area contributed by atoms with Gasteiger partial charge in [-0.2, -0.15) is 0 Å². The van der Waals surface area contributed by atoms with E-state index in [0.717, 1.165) is 5.57 Å². The number of hydrogen-bond donors (Lipinski definition) is 1. The highest BCUT2D eigenvalue weighted by Gasteiger charge is 1.84. The summed E-state index contributed by atoms with van der Waals surface area (Å²) in [6.07, 6.45) is 9.49. The molecule has 0 aromatic rings. The van der Waals surface area contributed by atoms with Crippen LogP contribution in [-0.2, 0) is 0 Å². The summed E-state index contributed by atoms with van der Waals surface area (Å²) in [4.78, 5) is 0. The molecule has 0 saturated carbocycles. The van der Waals surface area contributed by atoms with Crippen LogP contribution in [0, 0.1) is 6.92 Å². The second-order valence-corrected chi connectivity index (χ2v) is 1.54. The Bertz CT molecular complexity index is 138. The molecule has 0 aromatic carbocycles. The molecular formula is C7H8N. The number of dihydropyridines is 1. The summed E-state index contributed by atoms with van der Waals surface area (Å²) in [7, 11) is 0. The molecule has 1 N–H and O–H groups in total. The lowest BCUT2D eigenvalue weighted by Crippen LogP contribution is -1.95. The Kier molecular flexibility index (Phi) is 1.52. The van der Waals surface area contributed by atoms with E-state index < -0.39 is 0 Å². The predicted octanol–water partition coefficient (Wildman–Crippen LogP) is 1.38. The normalized spacial score (nSPS) is 15.9. The molecule has 1 radical (unpaired) electrons. The standard InChI is InChI=1S/C7H8N/c1-2-7-3-5-8-6-4-7/h2-6,8H,1H2. The van der Waals surface area contributed by atoms with E-state index in [4.69, 9.17) is 0 Å². The number of allylic oxidation sites excluding steroid dienone is 4. The summed E-state index contributed by atoms with van der Waals surface area (Å²) in [5, 5.41) is 2.92. The highest BCUT2D eigenvalue weighted by molar-refractivity contribution is 5.33. The van der Waals surface area contributed by atoms with Gasteiger partial charge in [-0.15, -0.1) is 0 Å². The second kappa shape index (κ2) is 2.36. The van der Waals surface area contributed by atoms with Gasteiger partial charge in [0.1, 0.15) is 0 Å². The average Bonchev–Trinajstić information content (AvgIpc) is 1.90. The Labute approximate surface area is 49.4 Å². The third-order valence-corrected chi connectivity index (χ3v) is 0.980. The number of rotatable bonds is 0. The molecule has 0 atom stereocenters. The molecule has 0 aliphatic carbocycles. The van der Waals surface area contributed by atoms with E-state index in [1.807, 2.05) is 30.6 Å². The highest BCUT2D eigenvalue weighted by atomic mass is 14.8. The minimum absolute atomic E-state index is 1.14. The van der Waals surface area contributed by atoms with Crippen molar-refractivity contribution in [1.29, 1.82) is 0 Å². The van der Waals surface area contributed by atoms with E-state index in [1.165, 1.54) is 0 Å². The molecule has 0 saturated heterocycles. The van der Waals surface area contributed by atoms with E-state index in [-0.39, 0.29) is 0 Å². The van der Waals surface area contributed by atoms with Crippen molar-refractivity contribution in [3.8, 4) is 0 Å². The molecule has 41 valence electrons. The monoisotopic (exact) mass is 106 g/mol. The molecular weight excluding hydrogens is 98.1 g/mol.